The molecule has 1 aliphatic carbocycles. The highest BCUT2D eigenvalue weighted by atomic mass is 16.5. The fraction of sp³-hybridized carbons (Fsp3) is 0.462. The van der Waals surface area contributed by atoms with Gasteiger partial charge in [-0.25, -0.2) is 14.8 Å². The Morgan fingerprint density at radius 2 is 1.74 bits per heavy atom. The van der Waals surface area contributed by atoms with Crippen molar-refractivity contribution in [2.75, 3.05) is 39.9 Å². The van der Waals surface area contributed by atoms with Crippen molar-refractivity contribution in [3.05, 3.63) is 47.8 Å². The van der Waals surface area contributed by atoms with Gasteiger partial charge in [0.05, 0.1) is 0 Å². The van der Waals surface area contributed by atoms with Gasteiger partial charge in [-0.2, -0.15) is 0 Å². The lowest BCUT2D eigenvalue weighted by atomic mass is 10.1. The molecule has 0 bridgehead atoms. The van der Waals surface area contributed by atoms with Crippen molar-refractivity contribution in [3.8, 4) is 11.4 Å². The van der Waals surface area contributed by atoms with Gasteiger partial charge in [0.1, 0.15) is 11.7 Å². The van der Waals surface area contributed by atoms with E-state index in [-0.39, 0.29) is 50.6 Å². The van der Waals surface area contributed by atoms with Crippen molar-refractivity contribution in [1.29, 1.82) is 0 Å². The number of ether oxygens (including phenoxy) is 1. The summed E-state index contributed by atoms with van der Waals surface area (Å²) in [6.45, 7) is 1.17. The molecule has 2 heterocycles. The summed E-state index contributed by atoms with van der Waals surface area (Å²) in [7, 11) is 1.64. The van der Waals surface area contributed by atoms with Crippen LogP contribution >= 0.6 is 0 Å². The number of piperazine rings is 1. The third-order valence-electron chi connectivity index (χ3n) is 6.81. The van der Waals surface area contributed by atoms with Gasteiger partial charge >= 0.3 is 12.1 Å². The van der Waals surface area contributed by atoms with E-state index in [1.165, 1.54) is 9.80 Å². The number of methoxy groups -OCH3 is 1. The van der Waals surface area contributed by atoms with E-state index in [4.69, 9.17) is 14.8 Å². The van der Waals surface area contributed by atoms with Crippen LogP contribution in [-0.4, -0.2) is 99.8 Å². The number of hydrogen-bond donors (Lipinski definition) is 3. The molecule has 2 fully saturated rings. The van der Waals surface area contributed by atoms with Gasteiger partial charge < -0.3 is 30.1 Å². The predicted molar refractivity (Wildman–Crippen MR) is 134 cm³/mol. The molecule has 1 saturated heterocycles. The maximum absolute atomic E-state index is 13.4. The molecule has 3 atom stereocenters. The van der Waals surface area contributed by atoms with Crippen molar-refractivity contribution in [1.82, 2.24) is 25.1 Å². The molecule has 202 valence electrons. The van der Waals surface area contributed by atoms with Crippen LogP contribution in [0.5, 0.6) is 0 Å². The molecular weight excluding hydrogens is 494 g/mol. The van der Waals surface area contributed by atoms with Gasteiger partial charge in [-0.05, 0) is 24.8 Å². The highest BCUT2D eigenvalue weighted by molar-refractivity contribution is 5.96. The smallest absolute Gasteiger partial charge is 0.407 e. The Hall–Kier alpha value is -4.06. The molecule has 1 aliphatic heterocycles. The van der Waals surface area contributed by atoms with E-state index in [2.05, 4.69) is 10.3 Å². The summed E-state index contributed by atoms with van der Waals surface area (Å²) < 4.78 is 5.26. The Balaban J connectivity index is 1.56. The van der Waals surface area contributed by atoms with Gasteiger partial charge in [-0.3, -0.25) is 14.4 Å². The molecule has 1 saturated carbocycles. The summed E-state index contributed by atoms with van der Waals surface area (Å²) in [4.78, 5) is 60.9. The van der Waals surface area contributed by atoms with E-state index >= 15 is 0 Å². The van der Waals surface area contributed by atoms with E-state index in [1.54, 1.807) is 13.2 Å². The van der Waals surface area contributed by atoms with Crippen LogP contribution in [0.15, 0.2) is 36.4 Å². The largest absolute Gasteiger partial charge is 0.481 e. The number of rotatable bonds is 10. The Labute approximate surface area is 219 Å². The molecule has 1 aromatic carbocycles. The molecule has 1 aromatic heterocycles. The first-order chi connectivity index (χ1) is 18.3. The van der Waals surface area contributed by atoms with Gasteiger partial charge in [0.25, 0.3) is 5.91 Å². The summed E-state index contributed by atoms with van der Waals surface area (Å²) in [6.07, 6.45) is -0.620. The lowest BCUT2D eigenvalue weighted by molar-refractivity contribution is -0.138. The van der Waals surface area contributed by atoms with Crippen molar-refractivity contribution in [3.63, 3.8) is 0 Å². The molecule has 12 heteroatoms. The summed E-state index contributed by atoms with van der Waals surface area (Å²) in [5.41, 5.74) is 1.53. The van der Waals surface area contributed by atoms with E-state index in [9.17, 15) is 24.3 Å². The second kappa shape index (κ2) is 12.0. The number of carbonyl (C=O) groups is 4. The van der Waals surface area contributed by atoms with E-state index in [0.29, 0.717) is 24.0 Å². The second-order valence-electron chi connectivity index (χ2n) is 9.48. The standard InChI is InChI=1S/C26H31N5O7/c1-38-15-17-13-18(17)20-14-21(28-23(27-20)16-5-3-2-4-6-16)24(34)29-19(7-8-22(32)33)25(35)30-9-11-31(12-10-30)26(36)37/h2-6,14,17-19H,7-13,15H2,1H3,(H,29,34)(H,32,33)(H,36,37)/t17-,18+,19-/m0/s1. The third-order valence-corrected chi connectivity index (χ3v) is 6.81. The van der Waals surface area contributed by atoms with Crippen molar-refractivity contribution >= 4 is 23.9 Å². The maximum Gasteiger partial charge on any atom is 0.407 e. The number of aromatic nitrogens is 2. The number of nitrogens with one attached hydrogen (secondary N) is 1. The zero-order chi connectivity index (χ0) is 27.2. The Bertz CT molecular complexity index is 1180. The van der Waals surface area contributed by atoms with Crippen molar-refractivity contribution in [2.45, 2.75) is 31.2 Å². The van der Waals surface area contributed by atoms with Gasteiger partial charge in [-0.15, -0.1) is 0 Å². The first-order valence-electron chi connectivity index (χ1n) is 12.5. The Morgan fingerprint density at radius 1 is 1.05 bits per heavy atom. The minimum Gasteiger partial charge on any atom is -0.481 e. The molecule has 2 aliphatic rings. The molecule has 2 aromatic rings. The first kappa shape index (κ1) is 27.0. The van der Waals surface area contributed by atoms with Crippen molar-refractivity contribution < 1.29 is 34.1 Å². The highest BCUT2D eigenvalue weighted by Gasteiger charge is 2.40. The lowest BCUT2D eigenvalue weighted by Gasteiger charge is -2.35. The van der Waals surface area contributed by atoms with Crippen LogP contribution in [0.3, 0.4) is 0 Å². The molecule has 4 rings (SSSR count). The first-order valence-corrected chi connectivity index (χ1v) is 12.5. The SMILES string of the molecule is COC[C@@H]1C[C@H]1c1cc(C(=O)N[C@@H](CCC(=O)O)C(=O)N2CCN(C(=O)O)CC2)nc(-c2ccccc2)n1. The van der Waals surface area contributed by atoms with Crippen molar-refractivity contribution in [2.24, 2.45) is 5.92 Å². The number of carboxylic acid groups (broad SMARTS) is 2. The number of benzene rings is 1. The quantitative estimate of drug-likeness (QED) is 0.419. The summed E-state index contributed by atoms with van der Waals surface area (Å²) in [6, 6.07) is 9.77. The number of carbonyl (C=O) groups excluding carboxylic acids is 2. The second-order valence-corrected chi connectivity index (χ2v) is 9.48. The molecule has 0 radical (unpaired) electrons. The molecule has 0 spiro atoms. The van der Waals surface area contributed by atoms with E-state index < -0.39 is 29.9 Å². The summed E-state index contributed by atoms with van der Waals surface area (Å²) >= 11 is 0. The fourth-order valence-corrected chi connectivity index (χ4v) is 4.59. The number of hydrogen-bond acceptors (Lipinski definition) is 7. The molecular formula is C26H31N5O7. The zero-order valence-electron chi connectivity index (χ0n) is 21.1. The molecule has 3 amide bonds. The normalized spacial score (nSPS) is 19.5. The summed E-state index contributed by atoms with van der Waals surface area (Å²) in [5, 5.41) is 21.0. The minimum atomic E-state index is -1.10. The van der Waals surface area contributed by atoms with E-state index in [0.717, 1.165) is 12.0 Å². The van der Waals surface area contributed by atoms with Gasteiger partial charge in [0, 0.05) is 63.5 Å². The molecule has 0 unspecified atom stereocenters. The monoisotopic (exact) mass is 525 g/mol. The number of carboxylic acids is 1. The van der Waals surface area contributed by atoms with Crippen LogP contribution in [0.2, 0.25) is 0 Å². The highest BCUT2D eigenvalue weighted by Crippen LogP contribution is 2.47. The average Bonchev–Trinajstić information content (AvgIpc) is 3.70. The number of aliphatic carboxylic acids is 1. The van der Waals surface area contributed by atoms with Crippen LogP contribution in [-0.2, 0) is 14.3 Å². The summed E-state index contributed by atoms with van der Waals surface area (Å²) in [5.74, 6) is -1.35. The van der Waals surface area contributed by atoms with Crippen LogP contribution < -0.4 is 5.32 Å². The van der Waals surface area contributed by atoms with Crippen LogP contribution in [0, 0.1) is 5.92 Å². The topological polar surface area (TPSA) is 162 Å². The molecule has 38 heavy (non-hydrogen) atoms. The number of nitrogens with zero attached hydrogens (tertiary/aromatic N) is 4. The zero-order valence-corrected chi connectivity index (χ0v) is 21.1. The fourth-order valence-electron chi connectivity index (χ4n) is 4.59. The molecule has 3 N–H and O–H groups in total. The van der Waals surface area contributed by atoms with Crippen LogP contribution in [0.25, 0.3) is 11.4 Å². The Kier molecular flexibility index (Phi) is 8.52. The average molecular weight is 526 g/mol. The van der Waals surface area contributed by atoms with Crippen LogP contribution in [0.4, 0.5) is 4.79 Å². The Morgan fingerprint density at radius 3 is 2.37 bits per heavy atom. The van der Waals surface area contributed by atoms with Crippen LogP contribution in [0.1, 0.15) is 41.4 Å². The van der Waals surface area contributed by atoms with Gasteiger partial charge in [0.2, 0.25) is 5.91 Å². The lowest BCUT2D eigenvalue weighted by Crippen LogP contribution is -2.55. The van der Waals surface area contributed by atoms with Gasteiger partial charge in [-0.1, -0.05) is 30.3 Å². The molecule has 12 nitrogen and oxygen atoms in total. The van der Waals surface area contributed by atoms with E-state index in [1.807, 2.05) is 30.3 Å². The van der Waals surface area contributed by atoms with Gasteiger partial charge in [0.15, 0.2) is 5.82 Å². The maximum atomic E-state index is 13.4. The third kappa shape index (κ3) is 6.62. The predicted octanol–water partition coefficient (Wildman–Crippen LogP) is 1.68. The minimum absolute atomic E-state index is 0.0840. The number of amides is 3.